The van der Waals surface area contributed by atoms with E-state index in [9.17, 15) is 4.79 Å². The van der Waals surface area contributed by atoms with Gasteiger partial charge in [-0.1, -0.05) is 19.8 Å². The molecule has 1 amide bonds. The molecule has 110 valence electrons. The Hall–Kier alpha value is -0.320. The molecule has 1 saturated carbocycles. The number of carbonyl (C=O) groups is 1. The van der Waals surface area contributed by atoms with Crippen LogP contribution >= 0.6 is 12.4 Å². The molecule has 3 aliphatic rings. The van der Waals surface area contributed by atoms with Gasteiger partial charge in [-0.2, -0.15) is 0 Å². The molecule has 2 aliphatic heterocycles. The molecule has 3 atom stereocenters. The number of hydrogen-bond acceptors (Lipinski definition) is 3. The molecule has 0 radical (unpaired) electrons. The summed E-state index contributed by atoms with van der Waals surface area (Å²) in [5, 5.41) is 3.26. The van der Waals surface area contributed by atoms with Crippen molar-refractivity contribution in [3.8, 4) is 0 Å². The van der Waals surface area contributed by atoms with Crippen LogP contribution in [0.3, 0.4) is 0 Å². The molecule has 0 spiro atoms. The van der Waals surface area contributed by atoms with Gasteiger partial charge in [0.2, 0.25) is 5.91 Å². The molecular weight excluding hydrogens is 264 g/mol. The Bertz CT molecular complexity index is 321. The predicted molar refractivity (Wildman–Crippen MR) is 76.5 cm³/mol. The van der Waals surface area contributed by atoms with E-state index in [1.54, 1.807) is 0 Å². The Balaban J connectivity index is 0.00000133. The van der Waals surface area contributed by atoms with Crippen molar-refractivity contribution in [1.82, 2.24) is 10.2 Å². The van der Waals surface area contributed by atoms with Gasteiger partial charge in [0.1, 0.15) is 0 Å². The van der Waals surface area contributed by atoms with Crippen LogP contribution in [0.15, 0.2) is 0 Å². The molecule has 0 aromatic rings. The number of fused-ring (bicyclic) bond motifs is 1. The highest BCUT2D eigenvalue weighted by Crippen LogP contribution is 2.30. The van der Waals surface area contributed by atoms with Gasteiger partial charge in [0.15, 0.2) is 0 Å². The van der Waals surface area contributed by atoms with Crippen molar-refractivity contribution in [1.29, 1.82) is 0 Å². The average Bonchev–Trinajstić information content (AvgIpc) is 2.35. The standard InChI is InChI=1S/C14H24N2O2.ClH/c1-10(11-8-15-9-11)14(17)16-6-7-18-13-5-3-2-4-12(13)16;/h10-13,15H,2-9H2,1H3;1H. The monoisotopic (exact) mass is 288 g/mol. The minimum atomic E-state index is 0. The third-order valence-corrected chi connectivity index (χ3v) is 4.92. The molecule has 0 aromatic carbocycles. The lowest BCUT2D eigenvalue weighted by Crippen LogP contribution is -2.58. The molecule has 19 heavy (non-hydrogen) atoms. The van der Waals surface area contributed by atoms with E-state index in [1.165, 1.54) is 12.8 Å². The highest BCUT2D eigenvalue weighted by molar-refractivity contribution is 5.85. The second-order valence-corrected chi connectivity index (χ2v) is 6.00. The Kier molecular flexibility index (Phi) is 5.09. The van der Waals surface area contributed by atoms with E-state index >= 15 is 0 Å². The first-order valence-corrected chi connectivity index (χ1v) is 7.40. The second-order valence-electron chi connectivity index (χ2n) is 6.00. The van der Waals surface area contributed by atoms with Crippen molar-refractivity contribution in [3.05, 3.63) is 0 Å². The fraction of sp³-hybridized carbons (Fsp3) is 0.929. The molecule has 3 fully saturated rings. The van der Waals surface area contributed by atoms with Crippen molar-refractivity contribution < 1.29 is 9.53 Å². The van der Waals surface area contributed by atoms with Crippen LogP contribution in [0.4, 0.5) is 0 Å². The fourth-order valence-corrected chi connectivity index (χ4v) is 3.50. The van der Waals surface area contributed by atoms with Gasteiger partial charge in [0.05, 0.1) is 18.8 Å². The number of carbonyl (C=O) groups excluding carboxylic acids is 1. The number of amides is 1. The molecule has 2 saturated heterocycles. The SMILES string of the molecule is CC(C(=O)N1CCOC2CCCCC21)C1CNC1.Cl. The smallest absolute Gasteiger partial charge is 0.226 e. The Morgan fingerprint density at radius 1 is 1.32 bits per heavy atom. The summed E-state index contributed by atoms with van der Waals surface area (Å²) in [6.07, 6.45) is 5.07. The van der Waals surface area contributed by atoms with E-state index < -0.39 is 0 Å². The van der Waals surface area contributed by atoms with Gasteiger partial charge >= 0.3 is 0 Å². The summed E-state index contributed by atoms with van der Waals surface area (Å²) >= 11 is 0. The lowest BCUT2D eigenvalue weighted by atomic mass is 9.85. The quantitative estimate of drug-likeness (QED) is 0.836. The van der Waals surface area contributed by atoms with Crippen LogP contribution in [0.5, 0.6) is 0 Å². The molecule has 1 N–H and O–H groups in total. The highest BCUT2D eigenvalue weighted by Gasteiger charge is 2.40. The Morgan fingerprint density at radius 3 is 2.74 bits per heavy atom. The van der Waals surface area contributed by atoms with Gasteiger partial charge in [-0.05, 0) is 31.8 Å². The summed E-state index contributed by atoms with van der Waals surface area (Å²) in [5.41, 5.74) is 0. The summed E-state index contributed by atoms with van der Waals surface area (Å²) in [6, 6.07) is 0.357. The third-order valence-electron chi connectivity index (χ3n) is 4.92. The van der Waals surface area contributed by atoms with Gasteiger partial charge in [0, 0.05) is 12.5 Å². The summed E-state index contributed by atoms with van der Waals surface area (Å²) in [5.74, 6) is 1.08. The van der Waals surface area contributed by atoms with Crippen molar-refractivity contribution >= 4 is 18.3 Å². The van der Waals surface area contributed by atoms with E-state index in [0.717, 1.165) is 39.1 Å². The lowest BCUT2D eigenvalue weighted by molar-refractivity contribution is -0.155. The van der Waals surface area contributed by atoms with Crippen molar-refractivity contribution in [2.75, 3.05) is 26.2 Å². The van der Waals surface area contributed by atoms with E-state index in [-0.39, 0.29) is 18.3 Å². The van der Waals surface area contributed by atoms with Crippen LogP contribution in [0.25, 0.3) is 0 Å². The summed E-state index contributed by atoms with van der Waals surface area (Å²) in [6.45, 7) is 5.63. The first-order valence-electron chi connectivity index (χ1n) is 7.40. The van der Waals surface area contributed by atoms with E-state index in [1.807, 2.05) is 0 Å². The molecule has 1 aliphatic carbocycles. The molecule has 5 heteroatoms. The molecule has 4 nitrogen and oxygen atoms in total. The maximum atomic E-state index is 12.6. The average molecular weight is 289 g/mol. The number of hydrogen-bond donors (Lipinski definition) is 1. The molecule has 0 aromatic heterocycles. The Morgan fingerprint density at radius 2 is 2.05 bits per heavy atom. The fourth-order valence-electron chi connectivity index (χ4n) is 3.50. The highest BCUT2D eigenvalue weighted by atomic mass is 35.5. The number of rotatable bonds is 2. The largest absolute Gasteiger partial charge is 0.374 e. The van der Waals surface area contributed by atoms with Crippen LogP contribution in [0, 0.1) is 11.8 Å². The van der Waals surface area contributed by atoms with Crippen molar-refractivity contribution in [2.24, 2.45) is 11.8 Å². The Labute approximate surface area is 121 Å². The minimum absolute atomic E-state index is 0. The molecule has 3 rings (SSSR count). The van der Waals surface area contributed by atoms with Gasteiger partial charge < -0.3 is 15.0 Å². The van der Waals surface area contributed by atoms with E-state index in [4.69, 9.17) is 4.74 Å². The van der Waals surface area contributed by atoms with Crippen LogP contribution in [-0.2, 0) is 9.53 Å². The zero-order valence-corrected chi connectivity index (χ0v) is 12.5. The van der Waals surface area contributed by atoms with Crippen LogP contribution in [-0.4, -0.2) is 49.2 Å². The van der Waals surface area contributed by atoms with Gasteiger partial charge in [-0.3, -0.25) is 4.79 Å². The third kappa shape index (κ3) is 2.91. The maximum Gasteiger partial charge on any atom is 0.226 e. The summed E-state index contributed by atoms with van der Waals surface area (Å²) < 4.78 is 5.84. The number of morpholine rings is 1. The zero-order valence-electron chi connectivity index (χ0n) is 11.6. The number of nitrogens with one attached hydrogen (secondary N) is 1. The summed E-state index contributed by atoms with van der Waals surface area (Å²) in [7, 11) is 0. The van der Waals surface area contributed by atoms with Crippen LogP contribution in [0.1, 0.15) is 32.6 Å². The molecule has 3 unspecified atom stereocenters. The molecule has 0 bridgehead atoms. The van der Waals surface area contributed by atoms with E-state index in [2.05, 4.69) is 17.1 Å². The second kappa shape index (κ2) is 6.42. The minimum Gasteiger partial charge on any atom is -0.374 e. The lowest BCUT2D eigenvalue weighted by Gasteiger charge is -2.46. The van der Waals surface area contributed by atoms with Crippen molar-refractivity contribution in [3.63, 3.8) is 0 Å². The normalized spacial score (nSPS) is 32.8. The van der Waals surface area contributed by atoms with E-state index in [0.29, 0.717) is 24.0 Å². The predicted octanol–water partition coefficient (Wildman–Crippen LogP) is 1.43. The number of ether oxygens (including phenoxy) is 1. The first kappa shape index (κ1) is 15.1. The first-order chi connectivity index (χ1) is 8.77. The van der Waals surface area contributed by atoms with Gasteiger partial charge in [-0.15, -0.1) is 12.4 Å². The molecular formula is C14H25ClN2O2. The number of halogens is 1. The zero-order chi connectivity index (χ0) is 12.5. The summed E-state index contributed by atoms with van der Waals surface area (Å²) in [4.78, 5) is 14.8. The maximum absolute atomic E-state index is 12.6. The van der Waals surface area contributed by atoms with Crippen molar-refractivity contribution in [2.45, 2.75) is 44.8 Å². The van der Waals surface area contributed by atoms with Crippen LogP contribution in [0.2, 0.25) is 0 Å². The molecule has 2 heterocycles. The number of nitrogens with zero attached hydrogens (tertiary/aromatic N) is 1. The topological polar surface area (TPSA) is 41.6 Å². The van der Waals surface area contributed by atoms with Gasteiger partial charge in [0.25, 0.3) is 0 Å². The van der Waals surface area contributed by atoms with Crippen LogP contribution < -0.4 is 5.32 Å². The van der Waals surface area contributed by atoms with Gasteiger partial charge in [-0.25, -0.2) is 0 Å².